The van der Waals surface area contributed by atoms with E-state index in [0.29, 0.717) is 24.9 Å². The lowest BCUT2D eigenvalue weighted by molar-refractivity contribution is -0.130. The number of rotatable bonds is 3. The average molecular weight is 268 g/mol. The highest BCUT2D eigenvalue weighted by molar-refractivity contribution is 5.81. The van der Waals surface area contributed by atoms with E-state index < -0.39 is 5.41 Å². The average Bonchev–Trinajstić information content (AvgIpc) is 2.37. The molecule has 0 radical (unpaired) electrons. The van der Waals surface area contributed by atoms with E-state index in [2.05, 4.69) is 15.6 Å². The summed E-state index contributed by atoms with van der Waals surface area (Å²) in [5.41, 5.74) is 1.75. The van der Waals surface area contributed by atoms with Gasteiger partial charge in [-0.15, -0.1) is 0 Å². The second kappa shape index (κ2) is 5.46. The summed E-state index contributed by atoms with van der Waals surface area (Å²) in [5, 5.41) is 3.07. The van der Waals surface area contributed by atoms with Crippen LogP contribution in [-0.2, 0) is 9.59 Å². The number of hydrogen-bond donors (Lipinski definition) is 3. The molecule has 0 aliphatic carbocycles. The minimum Gasteiger partial charge on any atom is -0.353 e. The Labute approximate surface area is 114 Å². The second-order valence-electron chi connectivity index (χ2n) is 6.35. The number of nitrogens with two attached hydrogens (primary N) is 1. The fourth-order valence-corrected chi connectivity index (χ4v) is 3.16. The number of fused-ring (bicyclic) bond motifs is 1. The molecule has 2 aliphatic rings. The van der Waals surface area contributed by atoms with Crippen molar-refractivity contribution in [3.8, 4) is 0 Å². The Kier molecular flexibility index (Phi) is 4.10. The van der Waals surface area contributed by atoms with Crippen LogP contribution in [0, 0.1) is 11.3 Å². The summed E-state index contributed by atoms with van der Waals surface area (Å²) >= 11 is 0. The van der Waals surface area contributed by atoms with E-state index in [1.807, 2.05) is 13.8 Å². The Morgan fingerprint density at radius 2 is 2.26 bits per heavy atom. The number of hydrogen-bond acceptors (Lipinski definition) is 4. The second-order valence-corrected chi connectivity index (χ2v) is 6.35. The summed E-state index contributed by atoms with van der Waals surface area (Å²) in [4.78, 5) is 25.4. The van der Waals surface area contributed by atoms with Crippen molar-refractivity contribution >= 4 is 11.8 Å². The summed E-state index contributed by atoms with van der Waals surface area (Å²) in [6.45, 7) is 6.38. The number of nitrogens with zero attached hydrogens (tertiary/aromatic N) is 1. The van der Waals surface area contributed by atoms with Crippen LogP contribution in [-0.4, -0.2) is 42.4 Å². The minimum atomic E-state index is -0.487. The molecule has 108 valence electrons. The molecule has 6 heteroatoms. The van der Waals surface area contributed by atoms with E-state index in [1.54, 1.807) is 0 Å². The highest BCUT2D eigenvalue weighted by Gasteiger charge is 2.37. The lowest BCUT2D eigenvalue weighted by Gasteiger charge is -2.43. The normalized spacial score (nSPS) is 28.5. The molecule has 4 N–H and O–H groups in total. The van der Waals surface area contributed by atoms with Gasteiger partial charge >= 0.3 is 0 Å². The van der Waals surface area contributed by atoms with Gasteiger partial charge in [-0.25, -0.2) is 5.84 Å². The van der Waals surface area contributed by atoms with E-state index >= 15 is 0 Å². The number of carbonyl (C=O) groups is 2. The first-order valence-corrected chi connectivity index (χ1v) is 6.95. The molecule has 2 rings (SSSR count). The van der Waals surface area contributed by atoms with Gasteiger partial charge in [-0.1, -0.05) is 0 Å². The molecule has 0 saturated carbocycles. The highest BCUT2D eigenvalue weighted by Crippen LogP contribution is 2.27. The zero-order valence-corrected chi connectivity index (χ0v) is 11.7. The van der Waals surface area contributed by atoms with E-state index in [0.717, 1.165) is 25.9 Å². The molecule has 2 saturated heterocycles. The van der Waals surface area contributed by atoms with Gasteiger partial charge in [0.2, 0.25) is 11.8 Å². The fourth-order valence-electron chi connectivity index (χ4n) is 3.16. The zero-order valence-electron chi connectivity index (χ0n) is 11.7. The quantitative estimate of drug-likeness (QED) is 0.369. The molecule has 0 bridgehead atoms. The first-order chi connectivity index (χ1) is 8.92. The minimum absolute atomic E-state index is 0.133. The number of amides is 2. The summed E-state index contributed by atoms with van der Waals surface area (Å²) in [7, 11) is 0. The SMILES string of the molecule is CC(C)(CN1CCC2NC(=O)CCC2C1)C(=O)NN. The molecule has 2 atom stereocenters. The fraction of sp³-hybridized carbons (Fsp3) is 0.846. The zero-order chi connectivity index (χ0) is 14.0. The molecule has 2 unspecified atom stereocenters. The molecule has 2 heterocycles. The van der Waals surface area contributed by atoms with Crippen molar-refractivity contribution in [1.82, 2.24) is 15.6 Å². The van der Waals surface area contributed by atoms with Gasteiger partial charge in [0.25, 0.3) is 0 Å². The molecule has 0 aromatic rings. The maximum absolute atomic E-state index is 11.7. The Hall–Kier alpha value is -1.14. The van der Waals surface area contributed by atoms with E-state index in [1.165, 1.54) is 0 Å². The van der Waals surface area contributed by atoms with Crippen LogP contribution in [0.4, 0.5) is 0 Å². The predicted molar refractivity (Wildman–Crippen MR) is 71.8 cm³/mol. The number of piperidine rings is 2. The van der Waals surface area contributed by atoms with Gasteiger partial charge in [0.1, 0.15) is 0 Å². The van der Waals surface area contributed by atoms with E-state index in [9.17, 15) is 9.59 Å². The number of nitrogens with one attached hydrogen (secondary N) is 2. The molecule has 2 fully saturated rings. The van der Waals surface area contributed by atoms with Crippen LogP contribution in [0.1, 0.15) is 33.1 Å². The Bertz CT molecular complexity index is 370. The number of likely N-dealkylation sites (tertiary alicyclic amines) is 1. The molecule has 2 amide bonds. The van der Waals surface area contributed by atoms with Crippen LogP contribution in [0.2, 0.25) is 0 Å². The van der Waals surface area contributed by atoms with Crippen molar-refractivity contribution in [2.45, 2.75) is 39.2 Å². The van der Waals surface area contributed by atoms with Gasteiger partial charge in [0.05, 0.1) is 5.41 Å². The van der Waals surface area contributed by atoms with E-state index in [4.69, 9.17) is 5.84 Å². The van der Waals surface area contributed by atoms with Gasteiger partial charge in [0.15, 0.2) is 0 Å². The van der Waals surface area contributed by atoms with Crippen molar-refractivity contribution in [2.24, 2.45) is 17.2 Å². The molecule has 6 nitrogen and oxygen atoms in total. The maximum atomic E-state index is 11.7. The van der Waals surface area contributed by atoms with Crippen LogP contribution in [0.3, 0.4) is 0 Å². The van der Waals surface area contributed by atoms with Crippen LogP contribution in [0.5, 0.6) is 0 Å². The molecular formula is C13H24N4O2. The molecule has 0 aromatic heterocycles. The lowest BCUT2D eigenvalue weighted by atomic mass is 9.83. The van der Waals surface area contributed by atoms with Gasteiger partial charge in [0, 0.05) is 32.1 Å². The standard InChI is InChI=1S/C13H24N4O2/c1-13(2,12(19)16-14)8-17-6-5-10-9(7-17)3-4-11(18)15-10/h9-10H,3-8,14H2,1-2H3,(H,15,18)(H,16,19). The van der Waals surface area contributed by atoms with Crippen LogP contribution in [0.15, 0.2) is 0 Å². The van der Waals surface area contributed by atoms with E-state index in [-0.39, 0.29) is 11.8 Å². The molecule has 0 spiro atoms. The first kappa shape index (κ1) is 14.3. The third kappa shape index (κ3) is 3.25. The van der Waals surface area contributed by atoms with Crippen LogP contribution >= 0.6 is 0 Å². The monoisotopic (exact) mass is 268 g/mol. The summed E-state index contributed by atoms with van der Waals surface area (Å²) in [5.74, 6) is 5.78. The summed E-state index contributed by atoms with van der Waals surface area (Å²) in [6, 6.07) is 0.323. The van der Waals surface area contributed by atoms with Crippen LogP contribution < -0.4 is 16.6 Å². The lowest BCUT2D eigenvalue weighted by Crippen LogP contribution is -2.56. The predicted octanol–water partition coefficient (Wildman–Crippen LogP) is -0.397. The highest BCUT2D eigenvalue weighted by atomic mass is 16.2. The van der Waals surface area contributed by atoms with Crippen molar-refractivity contribution in [3.63, 3.8) is 0 Å². The maximum Gasteiger partial charge on any atom is 0.240 e. The van der Waals surface area contributed by atoms with Crippen molar-refractivity contribution in [2.75, 3.05) is 19.6 Å². The van der Waals surface area contributed by atoms with Crippen molar-refractivity contribution < 1.29 is 9.59 Å². The largest absolute Gasteiger partial charge is 0.353 e. The van der Waals surface area contributed by atoms with Crippen molar-refractivity contribution in [1.29, 1.82) is 0 Å². The smallest absolute Gasteiger partial charge is 0.240 e. The van der Waals surface area contributed by atoms with Crippen LogP contribution in [0.25, 0.3) is 0 Å². The van der Waals surface area contributed by atoms with Gasteiger partial charge in [-0.2, -0.15) is 0 Å². The van der Waals surface area contributed by atoms with Crippen molar-refractivity contribution in [3.05, 3.63) is 0 Å². The third-order valence-corrected chi connectivity index (χ3v) is 4.27. The van der Waals surface area contributed by atoms with Gasteiger partial charge in [-0.3, -0.25) is 15.0 Å². The number of hydrazine groups is 1. The molecule has 0 aromatic carbocycles. The third-order valence-electron chi connectivity index (χ3n) is 4.27. The molecular weight excluding hydrogens is 244 g/mol. The molecule has 19 heavy (non-hydrogen) atoms. The Morgan fingerprint density at radius 3 is 2.95 bits per heavy atom. The summed E-state index contributed by atoms with van der Waals surface area (Å²) in [6.07, 6.45) is 2.55. The Balaban J connectivity index is 1.91. The number of carbonyl (C=O) groups excluding carboxylic acids is 2. The first-order valence-electron chi connectivity index (χ1n) is 6.95. The molecule has 2 aliphatic heterocycles. The topological polar surface area (TPSA) is 87.5 Å². The van der Waals surface area contributed by atoms with Gasteiger partial charge in [-0.05, 0) is 32.6 Å². The summed E-state index contributed by atoms with van der Waals surface area (Å²) < 4.78 is 0. The Morgan fingerprint density at radius 1 is 1.53 bits per heavy atom. The van der Waals surface area contributed by atoms with Gasteiger partial charge < -0.3 is 10.2 Å².